The van der Waals surface area contributed by atoms with Crippen molar-refractivity contribution in [3.05, 3.63) is 23.9 Å². The predicted octanol–water partition coefficient (Wildman–Crippen LogP) is -0.710. The molecule has 8 heteroatoms. The first-order valence-corrected chi connectivity index (χ1v) is 7.91. The SMILES string of the molecule is CC(CN)N(C)C(=O)C1=CN2CCS(=O)(=O)N=C2C=C1. The van der Waals surface area contributed by atoms with Crippen molar-refractivity contribution in [1.29, 1.82) is 0 Å². The molecule has 0 aromatic heterocycles. The summed E-state index contributed by atoms with van der Waals surface area (Å²) in [6.45, 7) is 2.55. The molecule has 1 unspecified atom stereocenters. The molecule has 0 aromatic rings. The van der Waals surface area contributed by atoms with E-state index < -0.39 is 10.0 Å². The van der Waals surface area contributed by atoms with Gasteiger partial charge in [0.2, 0.25) is 0 Å². The highest BCUT2D eigenvalue weighted by Crippen LogP contribution is 2.17. The fourth-order valence-corrected chi connectivity index (χ4v) is 2.86. The van der Waals surface area contributed by atoms with E-state index in [4.69, 9.17) is 5.73 Å². The Morgan fingerprint density at radius 1 is 1.55 bits per heavy atom. The number of carbonyl (C=O) groups excluding carboxylic acids is 1. The van der Waals surface area contributed by atoms with Crippen LogP contribution in [-0.2, 0) is 14.8 Å². The molecule has 1 atom stereocenters. The van der Waals surface area contributed by atoms with Gasteiger partial charge in [-0.25, -0.2) is 8.42 Å². The molecule has 0 aromatic carbocycles. The van der Waals surface area contributed by atoms with Crippen molar-refractivity contribution in [2.75, 3.05) is 25.9 Å². The molecule has 0 saturated heterocycles. The Labute approximate surface area is 118 Å². The second-order valence-corrected chi connectivity index (χ2v) is 6.60. The lowest BCUT2D eigenvalue weighted by molar-refractivity contribution is -0.127. The summed E-state index contributed by atoms with van der Waals surface area (Å²) in [4.78, 5) is 15.5. The molecule has 2 aliphatic rings. The zero-order valence-electron chi connectivity index (χ0n) is 11.5. The van der Waals surface area contributed by atoms with E-state index in [0.717, 1.165) is 0 Å². The highest BCUT2D eigenvalue weighted by atomic mass is 32.2. The standard InChI is InChI=1S/C12H18N4O3S/c1-9(7-13)15(2)12(17)10-3-4-11-14-20(18,19)6-5-16(11)8-10/h3-4,8-9H,5-7,13H2,1-2H3. The third kappa shape index (κ3) is 2.91. The van der Waals surface area contributed by atoms with Gasteiger partial charge in [0, 0.05) is 32.4 Å². The third-order valence-electron chi connectivity index (χ3n) is 3.39. The summed E-state index contributed by atoms with van der Waals surface area (Å²) in [6, 6.07) is -0.0615. The van der Waals surface area contributed by atoms with E-state index in [2.05, 4.69) is 4.40 Å². The van der Waals surface area contributed by atoms with Gasteiger partial charge in [0.25, 0.3) is 15.9 Å². The summed E-state index contributed by atoms with van der Waals surface area (Å²) in [5.74, 6) is 0.158. The Bertz CT molecular complexity index is 606. The number of sulfonamides is 1. The van der Waals surface area contributed by atoms with Crippen LogP contribution in [0.25, 0.3) is 0 Å². The van der Waals surface area contributed by atoms with Gasteiger partial charge in [0.05, 0.1) is 11.3 Å². The van der Waals surface area contributed by atoms with Crippen molar-refractivity contribution in [1.82, 2.24) is 9.80 Å². The molecule has 7 nitrogen and oxygen atoms in total. The van der Waals surface area contributed by atoms with Crippen molar-refractivity contribution >= 4 is 21.8 Å². The maximum Gasteiger partial charge on any atom is 0.256 e. The van der Waals surface area contributed by atoms with Crippen LogP contribution in [0.3, 0.4) is 0 Å². The van der Waals surface area contributed by atoms with Gasteiger partial charge >= 0.3 is 0 Å². The van der Waals surface area contributed by atoms with Crippen LogP contribution in [-0.4, -0.2) is 61.9 Å². The van der Waals surface area contributed by atoms with E-state index >= 15 is 0 Å². The zero-order valence-corrected chi connectivity index (χ0v) is 12.3. The van der Waals surface area contributed by atoms with Crippen LogP contribution in [0.1, 0.15) is 6.92 Å². The number of likely N-dealkylation sites (N-methyl/N-ethyl adjacent to an activating group) is 1. The monoisotopic (exact) mass is 298 g/mol. The van der Waals surface area contributed by atoms with Crippen molar-refractivity contribution in [2.45, 2.75) is 13.0 Å². The average Bonchev–Trinajstić information content (AvgIpc) is 2.43. The highest BCUT2D eigenvalue weighted by Gasteiger charge is 2.26. The highest BCUT2D eigenvalue weighted by molar-refractivity contribution is 7.90. The molecule has 2 heterocycles. The lowest BCUT2D eigenvalue weighted by atomic mass is 10.1. The zero-order chi connectivity index (χ0) is 14.9. The van der Waals surface area contributed by atoms with E-state index in [9.17, 15) is 13.2 Å². The lowest BCUT2D eigenvalue weighted by Gasteiger charge is -2.29. The molecule has 110 valence electrons. The number of hydrogen-bond donors (Lipinski definition) is 1. The molecule has 2 N–H and O–H groups in total. The lowest BCUT2D eigenvalue weighted by Crippen LogP contribution is -2.42. The molecule has 0 aliphatic carbocycles. The first kappa shape index (κ1) is 14.7. The number of amides is 1. The molecule has 1 amide bonds. The minimum atomic E-state index is -3.37. The van der Waals surface area contributed by atoms with Crippen LogP contribution >= 0.6 is 0 Å². The van der Waals surface area contributed by atoms with Gasteiger partial charge in [-0.15, -0.1) is 4.40 Å². The maximum atomic E-state index is 12.3. The first-order valence-electron chi connectivity index (χ1n) is 6.30. The maximum absolute atomic E-state index is 12.3. The summed E-state index contributed by atoms with van der Waals surface area (Å²) in [5.41, 5.74) is 6.04. The molecular formula is C12H18N4O3S. The Hall–Kier alpha value is -1.67. The molecule has 0 bridgehead atoms. The van der Waals surface area contributed by atoms with Gasteiger partial charge in [0.1, 0.15) is 5.84 Å². The Kier molecular flexibility index (Phi) is 3.96. The van der Waals surface area contributed by atoms with Gasteiger partial charge in [-0.2, -0.15) is 0 Å². The first-order chi connectivity index (χ1) is 9.34. The number of carbonyl (C=O) groups is 1. The van der Waals surface area contributed by atoms with Gasteiger partial charge in [-0.1, -0.05) is 0 Å². The molecule has 20 heavy (non-hydrogen) atoms. The second-order valence-electron chi connectivity index (χ2n) is 4.85. The molecule has 0 saturated carbocycles. The smallest absolute Gasteiger partial charge is 0.256 e. The van der Waals surface area contributed by atoms with Gasteiger partial charge in [-0.3, -0.25) is 4.79 Å². The van der Waals surface area contributed by atoms with Crippen LogP contribution in [0.5, 0.6) is 0 Å². The largest absolute Gasteiger partial charge is 0.338 e. The minimum Gasteiger partial charge on any atom is -0.338 e. The number of hydrogen-bond acceptors (Lipinski definition) is 5. The number of fused-ring (bicyclic) bond motifs is 1. The van der Waals surface area contributed by atoms with Gasteiger partial charge in [0.15, 0.2) is 0 Å². The topological polar surface area (TPSA) is 96.1 Å². The van der Waals surface area contributed by atoms with Crippen LogP contribution < -0.4 is 5.73 Å². The molecular weight excluding hydrogens is 280 g/mol. The van der Waals surface area contributed by atoms with Crippen molar-refractivity contribution < 1.29 is 13.2 Å². The third-order valence-corrected chi connectivity index (χ3v) is 4.56. The average molecular weight is 298 g/mol. The summed E-state index contributed by atoms with van der Waals surface area (Å²) < 4.78 is 26.5. The van der Waals surface area contributed by atoms with E-state index in [-0.39, 0.29) is 17.7 Å². The van der Waals surface area contributed by atoms with Crippen molar-refractivity contribution in [2.24, 2.45) is 10.1 Å². The van der Waals surface area contributed by atoms with Crippen molar-refractivity contribution in [3.8, 4) is 0 Å². The normalized spacial score (nSPS) is 21.6. The van der Waals surface area contributed by atoms with Crippen LogP contribution in [0.15, 0.2) is 28.3 Å². The second kappa shape index (κ2) is 5.37. The van der Waals surface area contributed by atoms with Crippen LogP contribution in [0, 0.1) is 0 Å². The fourth-order valence-electron chi connectivity index (χ4n) is 1.89. The molecule has 0 radical (unpaired) electrons. The van der Waals surface area contributed by atoms with Crippen LogP contribution in [0.2, 0.25) is 0 Å². The quantitative estimate of drug-likeness (QED) is 0.742. The number of rotatable bonds is 3. The molecule has 0 spiro atoms. The predicted molar refractivity (Wildman–Crippen MR) is 76.4 cm³/mol. The number of nitrogens with zero attached hydrogens (tertiary/aromatic N) is 3. The Balaban J connectivity index is 2.21. The molecule has 2 rings (SSSR count). The summed E-state index contributed by atoms with van der Waals surface area (Å²) in [6.07, 6.45) is 4.76. The van der Waals surface area contributed by atoms with E-state index in [1.54, 1.807) is 35.2 Å². The van der Waals surface area contributed by atoms with Gasteiger partial charge < -0.3 is 15.5 Å². The molecule has 2 aliphatic heterocycles. The van der Waals surface area contributed by atoms with E-state index in [0.29, 0.717) is 24.5 Å². The number of amidine groups is 1. The summed E-state index contributed by atoms with van der Waals surface area (Å²) in [7, 11) is -1.68. The van der Waals surface area contributed by atoms with Crippen molar-refractivity contribution in [3.63, 3.8) is 0 Å². The summed E-state index contributed by atoms with van der Waals surface area (Å²) >= 11 is 0. The Morgan fingerprint density at radius 3 is 2.90 bits per heavy atom. The number of nitrogens with two attached hydrogens (primary N) is 1. The van der Waals surface area contributed by atoms with E-state index in [1.165, 1.54) is 0 Å². The van der Waals surface area contributed by atoms with E-state index in [1.807, 2.05) is 6.92 Å². The summed E-state index contributed by atoms with van der Waals surface area (Å²) in [5, 5.41) is 0. The molecule has 0 fully saturated rings. The minimum absolute atomic E-state index is 0.0443. The fraction of sp³-hybridized carbons (Fsp3) is 0.500. The van der Waals surface area contributed by atoms with Crippen LogP contribution in [0.4, 0.5) is 0 Å². The Morgan fingerprint density at radius 2 is 2.25 bits per heavy atom. The van der Waals surface area contributed by atoms with Gasteiger partial charge in [-0.05, 0) is 19.1 Å².